The number of carbonyl (C=O) groups is 1. The molecule has 0 radical (unpaired) electrons. The molecule has 0 aliphatic rings. The molecule has 1 N–H and O–H groups in total. The number of rotatable bonds is 5. The second-order valence-electron chi connectivity index (χ2n) is 7.45. The highest BCUT2D eigenvalue weighted by Gasteiger charge is 2.16. The number of hydrogen-bond donors (Lipinski definition) is 1. The lowest BCUT2D eigenvalue weighted by Crippen LogP contribution is -2.18. The largest absolute Gasteiger partial charge is 0.497 e. The molecule has 0 saturated heterocycles. The molecule has 0 saturated carbocycles. The molecule has 1 aromatic heterocycles. The molecule has 0 aliphatic heterocycles. The molecule has 1 unspecified atom stereocenters. The summed E-state index contributed by atoms with van der Waals surface area (Å²) in [6.45, 7) is 3.90. The van der Waals surface area contributed by atoms with Gasteiger partial charge in [0.05, 0.1) is 13.0 Å². The molecule has 3 aromatic carbocycles. The van der Waals surface area contributed by atoms with Gasteiger partial charge in [-0.3, -0.25) is 9.78 Å². The monoisotopic (exact) mass is 396 g/mol. The normalized spacial score (nSPS) is 11.8. The van der Waals surface area contributed by atoms with Crippen molar-refractivity contribution in [2.24, 2.45) is 0 Å². The Bertz CT molecular complexity index is 1200. The number of hydrogen-bond acceptors (Lipinski definition) is 3. The van der Waals surface area contributed by atoms with Crippen LogP contribution < -0.4 is 10.1 Å². The third kappa shape index (κ3) is 4.18. The Morgan fingerprint density at radius 1 is 0.900 bits per heavy atom. The first-order valence-electron chi connectivity index (χ1n) is 9.95. The van der Waals surface area contributed by atoms with E-state index in [0.29, 0.717) is 0 Å². The SMILES string of the molecule is COc1ccc2cc(C(C)C(=O)Nc3ccc(-c4ccnc(C)c4)cc3)ccc2c1. The summed E-state index contributed by atoms with van der Waals surface area (Å²) in [6.07, 6.45) is 1.81. The Hall–Kier alpha value is -3.66. The Balaban J connectivity index is 1.48. The van der Waals surface area contributed by atoms with Crippen LogP contribution in [0.4, 0.5) is 5.69 Å². The van der Waals surface area contributed by atoms with Gasteiger partial charge in [0.2, 0.25) is 5.91 Å². The van der Waals surface area contributed by atoms with E-state index in [1.54, 1.807) is 7.11 Å². The van der Waals surface area contributed by atoms with Crippen molar-refractivity contribution < 1.29 is 9.53 Å². The van der Waals surface area contributed by atoms with E-state index in [1.807, 2.05) is 86.8 Å². The van der Waals surface area contributed by atoms with Crippen molar-refractivity contribution in [3.63, 3.8) is 0 Å². The molecular weight excluding hydrogens is 372 g/mol. The number of nitrogens with one attached hydrogen (secondary N) is 1. The zero-order valence-electron chi connectivity index (χ0n) is 17.3. The van der Waals surface area contributed by atoms with Crippen LogP contribution in [0.1, 0.15) is 24.1 Å². The summed E-state index contributed by atoms with van der Waals surface area (Å²) in [5.74, 6) is 0.529. The zero-order chi connectivity index (χ0) is 21.1. The number of amides is 1. The van der Waals surface area contributed by atoms with Gasteiger partial charge in [0, 0.05) is 17.6 Å². The van der Waals surface area contributed by atoms with E-state index in [-0.39, 0.29) is 11.8 Å². The number of aryl methyl sites for hydroxylation is 1. The maximum Gasteiger partial charge on any atom is 0.231 e. The van der Waals surface area contributed by atoms with Crippen molar-refractivity contribution in [3.8, 4) is 16.9 Å². The fourth-order valence-corrected chi connectivity index (χ4v) is 3.51. The Morgan fingerprint density at radius 2 is 1.63 bits per heavy atom. The molecule has 1 amide bonds. The highest BCUT2D eigenvalue weighted by molar-refractivity contribution is 5.96. The standard InChI is InChI=1S/C26H24N2O2/c1-17-14-23(12-13-27-17)19-6-9-24(10-7-19)28-26(29)18(2)20-4-5-22-16-25(30-3)11-8-21(22)15-20/h4-16,18H,1-3H3,(H,28,29). The summed E-state index contributed by atoms with van der Waals surface area (Å²) in [4.78, 5) is 17.0. The molecule has 0 aliphatic carbocycles. The van der Waals surface area contributed by atoms with Gasteiger partial charge in [-0.05, 0) is 77.7 Å². The zero-order valence-corrected chi connectivity index (χ0v) is 17.3. The molecule has 30 heavy (non-hydrogen) atoms. The van der Waals surface area contributed by atoms with Crippen molar-refractivity contribution in [2.75, 3.05) is 12.4 Å². The third-order valence-corrected chi connectivity index (χ3v) is 5.35. The highest BCUT2D eigenvalue weighted by atomic mass is 16.5. The van der Waals surface area contributed by atoms with Gasteiger partial charge in [-0.2, -0.15) is 0 Å². The number of benzene rings is 3. The number of fused-ring (bicyclic) bond motifs is 1. The lowest BCUT2D eigenvalue weighted by molar-refractivity contribution is -0.117. The van der Waals surface area contributed by atoms with Crippen LogP contribution in [0.3, 0.4) is 0 Å². The van der Waals surface area contributed by atoms with E-state index in [0.717, 1.165) is 44.6 Å². The fraction of sp³-hybridized carbons (Fsp3) is 0.154. The molecule has 0 spiro atoms. The van der Waals surface area contributed by atoms with Crippen molar-refractivity contribution in [1.29, 1.82) is 0 Å². The molecule has 4 heteroatoms. The minimum absolute atomic E-state index is 0.0321. The first-order chi connectivity index (χ1) is 14.5. The molecule has 4 nitrogen and oxygen atoms in total. The topological polar surface area (TPSA) is 51.2 Å². The van der Waals surface area contributed by atoms with Gasteiger partial charge >= 0.3 is 0 Å². The maximum absolute atomic E-state index is 12.8. The van der Waals surface area contributed by atoms with Crippen LogP contribution >= 0.6 is 0 Å². The van der Waals surface area contributed by atoms with Crippen molar-refractivity contribution in [3.05, 3.63) is 90.3 Å². The van der Waals surface area contributed by atoms with Gasteiger partial charge < -0.3 is 10.1 Å². The minimum atomic E-state index is -0.265. The van der Waals surface area contributed by atoms with E-state index in [4.69, 9.17) is 4.74 Å². The molecule has 4 aromatic rings. The van der Waals surface area contributed by atoms with Crippen LogP contribution in [0.25, 0.3) is 21.9 Å². The maximum atomic E-state index is 12.8. The number of nitrogens with zero attached hydrogens (tertiary/aromatic N) is 1. The van der Waals surface area contributed by atoms with Crippen LogP contribution in [-0.4, -0.2) is 18.0 Å². The predicted octanol–water partition coefficient (Wildman–Crippen LogP) is 5.96. The van der Waals surface area contributed by atoms with Gasteiger partial charge in [0.25, 0.3) is 0 Å². The Labute approximate surface area is 176 Å². The van der Waals surface area contributed by atoms with Crippen LogP contribution in [0.15, 0.2) is 79.0 Å². The first kappa shape index (κ1) is 19.6. The Kier molecular flexibility index (Phi) is 5.48. The summed E-state index contributed by atoms with van der Waals surface area (Å²) >= 11 is 0. The fourth-order valence-electron chi connectivity index (χ4n) is 3.51. The number of carbonyl (C=O) groups excluding carboxylic acids is 1. The molecule has 1 heterocycles. The highest BCUT2D eigenvalue weighted by Crippen LogP contribution is 2.27. The number of pyridine rings is 1. The molecular formula is C26H24N2O2. The third-order valence-electron chi connectivity index (χ3n) is 5.35. The Morgan fingerprint density at radius 3 is 2.37 bits per heavy atom. The van der Waals surface area contributed by atoms with Gasteiger partial charge in [0.1, 0.15) is 5.75 Å². The molecule has 4 rings (SSSR count). The summed E-state index contributed by atoms with van der Waals surface area (Å²) in [6, 6.07) is 24.0. The predicted molar refractivity (Wildman–Crippen MR) is 122 cm³/mol. The van der Waals surface area contributed by atoms with Gasteiger partial charge in [-0.1, -0.05) is 36.4 Å². The summed E-state index contributed by atoms with van der Waals surface area (Å²) < 4.78 is 5.28. The molecule has 1 atom stereocenters. The van der Waals surface area contributed by atoms with E-state index in [9.17, 15) is 4.79 Å². The van der Waals surface area contributed by atoms with Crippen LogP contribution in [0.5, 0.6) is 5.75 Å². The second-order valence-corrected chi connectivity index (χ2v) is 7.45. The van der Waals surface area contributed by atoms with Crippen LogP contribution in [0.2, 0.25) is 0 Å². The lowest BCUT2D eigenvalue weighted by atomic mass is 9.97. The summed E-state index contributed by atoms with van der Waals surface area (Å²) in [7, 11) is 1.66. The van der Waals surface area contributed by atoms with E-state index in [2.05, 4.69) is 16.4 Å². The van der Waals surface area contributed by atoms with Gasteiger partial charge in [0.15, 0.2) is 0 Å². The summed E-state index contributed by atoms with van der Waals surface area (Å²) in [5, 5.41) is 5.20. The van der Waals surface area contributed by atoms with E-state index in [1.165, 1.54) is 0 Å². The number of aromatic nitrogens is 1. The number of methoxy groups -OCH3 is 1. The average molecular weight is 396 g/mol. The van der Waals surface area contributed by atoms with Crippen molar-refractivity contribution in [2.45, 2.75) is 19.8 Å². The molecule has 150 valence electrons. The number of ether oxygens (including phenoxy) is 1. The summed E-state index contributed by atoms with van der Waals surface area (Å²) in [5.41, 5.74) is 4.95. The van der Waals surface area contributed by atoms with Crippen molar-refractivity contribution >= 4 is 22.4 Å². The van der Waals surface area contributed by atoms with Crippen LogP contribution in [-0.2, 0) is 4.79 Å². The number of anilines is 1. The quantitative estimate of drug-likeness (QED) is 0.453. The van der Waals surface area contributed by atoms with E-state index >= 15 is 0 Å². The van der Waals surface area contributed by atoms with Crippen molar-refractivity contribution in [1.82, 2.24) is 4.98 Å². The van der Waals surface area contributed by atoms with Gasteiger partial charge in [-0.15, -0.1) is 0 Å². The van der Waals surface area contributed by atoms with Crippen LogP contribution in [0, 0.1) is 6.92 Å². The average Bonchev–Trinajstić information content (AvgIpc) is 2.78. The van der Waals surface area contributed by atoms with Gasteiger partial charge in [-0.25, -0.2) is 0 Å². The minimum Gasteiger partial charge on any atom is -0.497 e. The smallest absolute Gasteiger partial charge is 0.231 e. The van der Waals surface area contributed by atoms with E-state index < -0.39 is 0 Å². The molecule has 0 bridgehead atoms. The first-order valence-corrected chi connectivity index (χ1v) is 9.95. The lowest BCUT2D eigenvalue weighted by Gasteiger charge is -2.14. The molecule has 0 fully saturated rings. The second kappa shape index (κ2) is 8.37.